The molecule has 0 atom stereocenters. The molecule has 1 N–H and O–H groups in total. The van der Waals surface area contributed by atoms with Crippen molar-refractivity contribution in [3.63, 3.8) is 0 Å². The number of hydrogen-bond donors (Lipinski definition) is 1. The lowest BCUT2D eigenvalue weighted by Gasteiger charge is -2.13. The molecule has 2 aromatic carbocycles. The molecule has 0 aliphatic carbocycles. The summed E-state index contributed by atoms with van der Waals surface area (Å²) in [6.45, 7) is 6.52. The Morgan fingerprint density at radius 1 is 1.06 bits per heavy atom. The average Bonchev–Trinajstić information content (AvgIpc) is 3.20. The van der Waals surface area contributed by atoms with Crippen molar-refractivity contribution in [1.29, 1.82) is 0 Å². The van der Waals surface area contributed by atoms with Gasteiger partial charge in [0, 0.05) is 35.5 Å². The Hall–Kier alpha value is -3.74. The highest BCUT2D eigenvalue weighted by Crippen LogP contribution is 2.17. The number of nitrogens with one attached hydrogen (secondary N) is 1. The van der Waals surface area contributed by atoms with Gasteiger partial charge in [0.2, 0.25) is 11.7 Å². The van der Waals surface area contributed by atoms with Crippen LogP contribution in [0.25, 0.3) is 17.2 Å². The summed E-state index contributed by atoms with van der Waals surface area (Å²) < 4.78 is 3.32. The first-order valence-corrected chi connectivity index (χ1v) is 10.4. The van der Waals surface area contributed by atoms with Crippen molar-refractivity contribution < 1.29 is 4.79 Å². The number of carbonyl (C=O) groups is 1. The maximum absolute atomic E-state index is 13.2. The highest BCUT2D eigenvalue weighted by Gasteiger charge is 2.18. The normalized spacial score (nSPS) is 11.1. The standard InChI is InChI=1S/C24H25N5O2/c1-4-28-17(3)20(13-14-21(30)25-19-12-8-9-16(2)15-19)23(31)29-24(28)26-22(27-29)18-10-6-5-7-11-18/h5-12,15H,4,13-14H2,1-3H3,(H,25,30). The van der Waals surface area contributed by atoms with E-state index in [4.69, 9.17) is 0 Å². The lowest BCUT2D eigenvalue weighted by molar-refractivity contribution is -0.116. The molecule has 7 nitrogen and oxygen atoms in total. The van der Waals surface area contributed by atoms with Crippen LogP contribution in [0.3, 0.4) is 0 Å². The van der Waals surface area contributed by atoms with Gasteiger partial charge in [-0.05, 0) is 44.9 Å². The van der Waals surface area contributed by atoms with E-state index < -0.39 is 0 Å². The van der Waals surface area contributed by atoms with Gasteiger partial charge in [0.05, 0.1) is 0 Å². The van der Waals surface area contributed by atoms with Crippen LogP contribution in [-0.2, 0) is 17.8 Å². The molecule has 0 aliphatic heterocycles. The van der Waals surface area contributed by atoms with Crippen LogP contribution in [0.2, 0.25) is 0 Å². The summed E-state index contributed by atoms with van der Waals surface area (Å²) in [5.41, 5.74) is 3.85. The van der Waals surface area contributed by atoms with E-state index in [1.165, 1.54) is 4.52 Å². The van der Waals surface area contributed by atoms with Crippen molar-refractivity contribution in [3.8, 4) is 11.4 Å². The molecule has 0 spiro atoms. The number of nitrogens with zero attached hydrogens (tertiary/aromatic N) is 4. The molecule has 158 valence electrons. The fraction of sp³-hybridized carbons (Fsp3) is 0.250. The zero-order chi connectivity index (χ0) is 22.0. The Kier molecular flexibility index (Phi) is 5.66. The SMILES string of the molecule is CCn1c(C)c(CCC(=O)Nc2cccc(C)c2)c(=O)n2nc(-c3ccccc3)nc12. The van der Waals surface area contributed by atoms with Gasteiger partial charge in [0.25, 0.3) is 5.56 Å². The molecule has 4 aromatic rings. The summed E-state index contributed by atoms with van der Waals surface area (Å²) in [6, 6.07) is 17.2. The van der Waals surface area contributed by atoms with Gasteiger partial charge in [-0.2, -0.15) is 9.50 Å². The van der Waals surface area contributed by atoms with Gasteiger partial charge < -0.3 is 9.88 Å². The molecule has 0 saturated heterocycles. The molecule has 0 fully saturated rings. The lowest BCUT2D eigenvalue weighted by atomic mass is 10.1. The van der Waals surface area contributed by atoms with Gasteiger partial charge in [-0.25, -0.2) is 0 Å². The zero-order valence-electron chi connectivity index (χ0n) is 17.9. The smallest absolute Gasteiger partial charge is 0.279 e. The highest BCUT2D eigenvalue weighted by molar-refractivity contribution is 5.90. The van der Waals surface area contributed by atoms with Crippen molar-refractivity contribution in [2.75, 3.05) is 5.32 Å². The predicted octanol–water partition coefficient (Wildman–Crippen LogP) is 3.77. The second kappa shape index (κ2) is 8.55. The number of benzene rings is 2. The third-order valence-corrected chi connectivity index (χ3v) is 5.38. The van der Waals surface area contributed by atoms with Crippen molar-refractivity contribution in [1.82, 2.24) is 19.2 Å². The van der Waals surface area contributed by atoms with Crippen LogP contribution >= 0.6 is 0 Å². The maximum Gasteiger partial charge on any atom is 0.279 e. The second-order valence-corrected chi connectivity index (χ2v) is 7.54. The summed E-state index contributed by atoms with van der Waals surface area (Å²) in [5, 5.41) is 7.37. The first-order chi connectivity index (χ1) is 15.0. The molecule has 0 unspecified atom stereocenters. The lowest BCUT2D eigenvalue weighted by Crippen LogP contribution is -2.27. The second-order valence-electron chi connectivity index (χ2n) is 7.54. The highest BCUT2D eigenvalue weighted by atomic mass is 16.1. The number of carbonyl (C=O) groups excluding carboxylic acids is 1. The topological polar surface area (TPSA) is 81.3 Å². The van der Waals surface area contributed by atoms with E-state index >= 15 is 0 Å². The van der Waals surface area contributed by atoms with Crippen LogP contribution in [-0.4, -0.2) is 25.1 Å². The van der Waals surface area contributed by atoms with Crippen LogP contribution in [0, 0.1) is 13.8 Å². The molecule has 1 amide bonds. The Balaban J connectivity index is 1.64. The van der Waals surface area contributed by atoms with Crippen LogP contribution in [0.1, 0.15) is 30.2 Å². The molecular weight excluding hydrogens is 390 g/mol. The molecule has 0 aliphatic rings. The summed E-state index contributed by atoms with van der Waals surface area (Å²) in [5.74, 6) is 0.890. The van der Waals surface area contributed by atoms with Gasteiger partial charge in [-0.3, -0.25) is 9.59 Å². The summed E-state index contributed by atoms with van der Waals surface area (Å²) >= 11 is 0. The number of anilines is 1. The third kappa shape index (κ3) is 4.12. The van der Waals surface area contributed by atoms with Crippen LogP contribution in [0.15, 0.2) is 59.4 Å². The average molecular weight is 415 g/mol. The van der Waals surface area contributed by atoms with Gasteiger partial charge >= 0.3 is 0 Å². The number of fused-ring (bicyclic) bond motifs is 1. The molecule has 4 rings (SSSR count). The molecule has 7 heteroatoms. The van der Waals surface area contributed by atoms with E-state index in [-0.39, 0.29) is 17.9 Å². The minimum Gasteiger partial charge on any atom is -0.326 e. The Bertz CT molecular complexity index is 1310. The molecule has 0 radical (unpaired) electrons. The fourth-order valence-corrected chi connectivity index (χ4v) is 3.77. The van der Waals surface area contributed by atoms with E-state index in [1.54, 1.807) is 0 Å². The van der Waals surface area contributed by atoms with Crippen LogP contribution in [0.5, 0.6) is 0 Å². The first-order valence-electron chi connectivity index (χ1n) is 10.4. The van der Waals surface area contributed by atoms with E-state index in [2.05, 4.69) is 15.4 Å². The third-order valence-electron chi connectivity index (χ3n) is 5.38. The number of rotatable bonds is 6. The number of hydrogen-bond acceptors (Lipinski definition) is 4. The fourth-order valence-electron chi connectivity index (χ4n) is 3.77. The number of aryl methyl sites for hydroxylation is 2. The van der Waals surface area contributed by atoms with Crippen LogP contribution < -0.4 is 10.9 Å². The van der Waals surface area contributed by atoms with Gasteiger partial charge in [0.15, 0.2) is 5.82 Å². The van der Waals surface area contributed by atoms with Crippen molar-refractivity contribution in [3.05, 3.63) is 81.8 Å². The largest absolute Gasteiger partial charge is 0.326 e. The molecule has 0 saturated carbocycles. The van der Waals surface area contributed by atoms with Gasteiger partial charge in [-0.15, -0.1) is 5.10 Å². The summed E-state index contributed by atoms with van der Waals surface area (Å²) in [7, 11) is 0. The van der Waals surface area contributed by atoms with E-state index in [0.29, 0.717) is 30.1 Å². The monoisotopic (exact) mass is 415 g/mol. The summed E-state index contributed by atoms with van der Waals surface area (Å²) in [4.78, 5) is 30.3. The van der Waals surface area contributed by atoms with Gasteiger partial charge in [0.1, 0.15) is 0 Å². The molecule has 2 aromatic heterocycles. The Morgan fingerprint density at radius 2 is 1.84 bits per heavy atom. The number of amides is 1. The molecular formula is C24H25N5O2. The maximum atomic E-state index is 13.2. The Morgan fingerprint density at radius 3 is 2.55 bits per heavy atom. The van der Waals surface area contributed by atoms with Crippen molar-refractivity contribution in [2.24, 2.45) is 0 Å². The van der Waals surface area contributed by atoms with E-state index in [1.807, 2.05) is 79.9 Å². The number of aromatic nitrogens is 4. The van der Waals surface area contributed by atoms with Crippen molar-refractivity contribution in [2.45, 2.75) is 40.2 Å². The molecule has 2 heterocycles. The quantitative estimate of drug-likeness (QED) is 0.520. The van der Waals surface area contributed by atoms with E-state index in [0.717, 1.165) is 22.5 Å². The summed E-state index contributed by atoms with van der Waals surface area (Å²) in [6.07, 6.45) is 0.540. The minimum absolute atomic E-state index is 0.129. The molecule has 31 heavy (non-hydrogen) atoms. The van der Waals surface area contributed by atoms with E-state index in [9.17, 15) is 9.59 Å². The Labute approximate surface area is 180 Å². The van der Waals surface area contributed by atoms with Crippen LogP contribution in [0.4, 0.5) is 5.69 Å². The van der Waals surface area contributed by atoms with Gasteiger partial charge in [-0.1, -0.05) is 42.5 Å². The zero-order valence-corrected chi connectivity index (χ0v) is 17.9. The molecule has 0 bridgehead atoms. The van der Waals surface area contributed by atoms with Crippen molar-refractivity contribution >= 4 is 17.4 Å². The predicted molar refractivity (Wildman–Crippen MR) is 121 cm³/mol. The first kappa shape index (κ1) is 20.5. The minimum atomic E-state index is -0.227.